The zero-order valence-corrected chi connectivity index (χ0v) is 12.3. The van der Waals surface area contributed by atoms with Crippen molar-refractivity contribution in [3.63, 3.8) is 0 Å². The summed E-state index contributed by atoms with van der Waals surface area (Å²) in [5.41, 5.74) is 0.969. The highest BCUT2D eigenvalue weighted by Gasteiger charge is 2.28. The van der Waals surface area contributed by atoms with Crippen molar-refractivity contribution >= 4 is 5.91 Å². The largest absolute Gasteiger partial charge is 0.508 e. The fraction of sp³-hybridized carbons (Fsp3) is 0.562. The number of rotatable bonds is 4. The van der Waals surface area contributed by atoms with Crippen molar-refractivity contribution in [2.24, 2.45) is 0 Å². The van der Waals surface area contributed by atoms with Gasteiger partial charge in [0.1, 0.15) is 5.75 Å². The second kappa shape index (κ2) is 6.75. The van der Waals surface area contributed by atoms with Crippen LogP contribution in [0.4, 0.5) is 0 Å². The van der Waals surface area contributed by atoms with Gasteiger partial charge in [0.2, 0.25) is 5.91 Å². The number of phenolic OH excluding ortho intramolecular Hbond substituents is 1. The first kappa shape index (κ1) is 14.9. The van der Waals surface area contributed by atoms with Gasteiger partial charge in [0.15, 0.2) is 0 Å². The van der Waals surface area contributed by atoms with E-state index in [1.165, 1.54) is 0 Å². The Bertz CT molecular complexity index is 456. The van der Waals surface area contributed by atoms with Crippen LogP contribution in [0, 0.1) is 0 Å². The van der Waals surface area contributed by atoms with Gasteiger partial charge in [0.05, 0.1) is 12.1 Å². The lowest BCUT2D eigenvalue weighted by Crippen LogP contribution is -2.49. The third-order valence-corrected chi connectivity index (χ3v) is 4.05. The molecule has 1 unspecified atom stereocenters. The van der Waals surface area contributed by atoms with E-state index >= 15 is 0 Å². The monoisotopic (exact) mass is 276 g/mol. The van der Waals surface area contributed by atoms with Crippen molar-refractivity contribution in [1.29, 1.82) is 0 Å². The molecule has 1 fully saturated rings. The van der Waals surface area contributed by atoms with Crippen molar-refractivity contribution in [3.8, 4) is 5.75 Å². The molecule has 0 radical (unpaired) electrons. The maximum Gasteiger partial charge on any atom is 0.240 e. The normalized spacial score (nSPS) is 20.4. The Kier molecular flexibility index (Phi) is 5.01. The number of aromatic hydroxyl groups is 1. The SMILES string of the molecule is CCN(C(=O)[C@@H]1CCCCN1)C(C)c1cccc(O)c1. The molecular formula is C16H24N2O2. The lowest BCUT2D eigenvalue weighted by Gasteiger charge is -2.33. The van der Waals surface area contributed by atoms with E-state index in [2.05, 4.69) is 5.32 Å². The highest BCUT2D eigenvalue weighted by molar-refractivity contribution is 5.82. The predicted octanol–water partition coefficient (Wildman–Crippen LogP) is 2.44. The molecule has 1 aliphatic heterocycles. The van der Waals surface area contributed by atoms with Crippen molar-refractivity contribution in [1.82, 2.24) is 10.2 Å². The molecule has 0 bridgehead atoms. The summed E-state index contributed by atoms with van der Waals surface area (Å²) in [6.07, 6.45) is 3.18. The van der Waals surface area contributed by atoms with Crippen LogP contribution in [0.15, 0.2) is 24.3 Å². The highest BCUT2D eigenvalue weighted by Crippen LogP contribution is 2.24. The molecule has 2 atom stereocenters. The van der Waals surface area contributed by atoms with E-state index < -0.39 is 0 Å². The average molecular weight is 276 g/mol. The molecule has 0 aromatic heterocycles. The zero-order chi connectivity index (χ0) is 14.5. The Morgan fingerprint density at radius 2 is 2.30 bits per heavy atom. The maximum absolute atomic E-state index is 12.6. The smallest absolute Gasteiger partial charge is 0.240 e. The van der Waals surface area contributed by atoms with E-state index in [1.807, 2.05) is 30.9 Å². The summed E-state index contributed by atoms with van der Waals surface area (Å²) in [5.74, 6) is 0.414. The second-order valence-corrected chi connectivity index (χ2v) is 5.40. The van der Waals surface area contributed by atoms with Crippen LogP contribution in [0.5, 0.6) is 5.75 Å². The summed E-state index contributed by atoms with van der Waals surface area (Å²) in [4.78, 5) is 14.5. The van der Waals surface area contributed by atoms with E-state index in [0.717, 1.165) is 31.4 Å². The third-order valence-electron chi connectivity index (χ3n) is 4.05. The van der Waals surface area contributed by atoms with Crippen LogP contribution in [0.25, 0.3) is 0 Å². The Hall–Kier alpha value is -1.55. The van der Waals surface area contributed by atoms with Crippen LogP contribution in [0.1, 0.15) is 44.7 Å². The molecule has 0 saturated carbocycles. The number of amides is 1. The van der Waals surface area contributed by atoms with Gasteiger partial charge in [0.25, 0.3) is 0 Å². The fourth-order valence-electron chi connectivity index (χ4n) is 2.85. The van der Waals surface area contributed by atoms with Crippen LogP contribution in [0.2, 0.25) is 0 Å². The number of nitrogens with one attached hydrogen (secondary N) is 1. The summed E-state index contributed by atoms with van der Waals surface area (Å²) in [6, 6.07) is 7.07. The summed E-state index contributed by atoms with van der Waals surface area (Å²) >= 11 is 0. The molecule has 4 nitrogen and oxygen atoms in total. The molecule has 1 aromatic rings. The first-order valence-corrected chi connectivity index (χ1v) is 7.46. The van der Waals surface area contributed by atoms with Gasteiger partial charge in [-0.05, 0) is 50.9 Å². The van der Waals surface area contributed by atoms with Crippen LogP contribution < -0.4 is 5.32 Å². The van der Waals surface area contributed by atoms with E-state index in [1.54, 1.807) is 12.1 Å². The van der Waals surface area contributed by atoms with Gasteiger partial charge in [-0.15, -0.1) is 0 Å². The van der Waals surface area contributed by atoms with Crippen LogP contribution in [-0.2, 0) is 4.79 Å². The van der Waals surface area contributed by atoms with Crippen molar-refractivity contribution < 1.29 is 9.90 Å². The highest BCUT2D eigenvalue weighted by atomic mass is 16.3. The van der Waals surface area contributed by atoms with Crippen molar-refractivity contribution in [3.05, 3.63) is 29.8 Å². The number of hydrogen-bond donors (Lipinski definition) is 2. The molecule has 4 heteroatoms. The van der Waals surface area contributed by atoms with E-state index in [4.69, 9.17) is 0 Å². The van der Waals surface area contributed by atoms with Gasteiger partial charge < -0.3 is 15.3 Å². The first-order chi connectivity index (χ1) is 9.63. The molecular weight excluding hydrogens is 252 g/mol. The number of likely N-dealkylation sites (N-methyl/N-ethyl adjacent to an activating group) is 1. The molecule has 1 amide bonds. The molecule has 1 aromatic carbocycles. The molecule has 2 rings (SSSR count). The molecule has 1 aliphatic rings. The summed E-state index contributed by atoms with van der Waals surface area (Å²) in [6.45, 7) is 5.61. The molecule has 20 heavy (non-hydrogen) atoms. The van der Waals surface area contributed by atoms with Crippen molar-refractivity contribution in [2.45, 2.75) is 45.2 Å². The molecule has 2 N–H and O–H groups in total. The van der Waals surface area contributed by atoms with Crippen LogP contribution >= 0.6 is 0 Å². The third kappa shape index (κ3) is 3.31. The standard InChI is InChI=1S/C16H24N2O2/c1-3-18(16(20)15-9-4-5-10-17-15)12(2)13-7-6-8-14(19)11-13/h6-8,11-12,15,17,19H,3-5,9-10H2,1-2H3/t12?,15-/m0/s1. The summed E-state index contributed by atoms with van der Waals surface area (Å²) in [5, 5.41) is 12.9. The number of carbonyl (C=O) groups is 1. The average Bonchev–Trinajstić information content (AvgIpc) is 2.48. The number of benzene rings is 1. The molecule has 0 aliphatic carbocycles. The number of nitrogens with zero attached hydrogens (tertiary/aromatic N) is 1. The molecule has 110 valence electrons. The minimum absolute atomic E-state index is 0.0247. The number of carbonyl (C=O) groups excluding carboxylic acids is 1. The predicted molar refractivity (Wildman–Crippen MR) is 79.6 cm³/mol. The Labute approximate surface area is 120 Å². The van der Waals surface area contributed by atoms with Gasteiger partial charge in [0, 0.05) is 6.54 Å². The Morgan fingerprint density at radius 1 is 1.50 bits per heavy atom. The molecule has 0 spiro atoms. The molecule has 1 saturated heterocycles. The fourth-order valence-corrected chi connectivity index (χ4v) is 2.85. The van der Waals surface area contributed by atoms with Gasteiger partial charge >= 0.3 is 0 Å². The van der Waals surface area contributed by atoms with Gasteiger partial charge in [-0.1, -0.05) is 18.6 Å². The van der Waals surface area contributed by atoms with Crippen LogP contribution in [-0.4, -0.2) is 35.0 Å². The van der Waals surface area contributed by atoms with E-state index in [9.17, 15) is 9.90 Å². The zero-order valence-electron chi connectivity index (χ0n) is 12.3. The Morgan fingerprint density at radius 3 is 2.90 bits per heavy atom. The van der Waals surface area contributed by atoms with E-state index in [-0.39, 0.29) is 23.7 Å². The second-order valence-electron chi connectivity index (χ2n) is 5.40. The number of hydrogen-bond acceptors (Lipinski definition) is 3. The maximum atomic E-state index is 12.6. The summed E-state index contributed by atoms with van der Waals surface area (Å²) in [7, 11) is 0. The van der Waals surface area contributed by atoms with Gasteiger partial charge in [-0.2, -0.15) is 0 Å². The lowest BCUT2D eigenvalue weighted by atomic mass is 10.0. The van der Waals surface area contributed by atoms with Gasteiger partial charge in [-0.25, -0.2) is 0 Å². The lowest BCUT2D eigenvalue weighted by molar-refractivity contribution is -0.136. The topological polar surface area (TPSA) is 52.6 Å². The summed E-state index contributed by atoms with van der Waals surface area (Å²) < 4.78 is 0. The van der Waals surface area contributed by atoms with Crippen LogP contribution in [0.3, 0.4) is 0 Å². The minimum Gasteiger partial charge on any atom is -0.508 e. The first-order valence-electron chi connectivity index (χ1n) is 7.46. The van der Waals surface area contributed by atoms with Gasteiger partial charge in [-0.3, -0.25) is 4.79 Å². The minimum atomic E-state index is -0.0524. The van der Waals surface area contributed by atoms with Crippen molar-refractivity contribution in [2.75, 3.05) is 13.1 Å². The number of piperidine rings is 1. The quantitative estimate of drug-likeness (QED) is 0.888. The van der Waals surface area contributed by atoms with E-state index in [0.29, 0.717) is 6.54 Å². The molecule has 1 heterocycles. The number of phenols is 1. The Balaban J connectivity index is 2.12.